The van der Waals surface area contributed by atoms with Crippen LogP contribution in [0.5, 0.6) is 5.75 Å². The molecule has 0 aliphatic carbocycles. The number of carbonyl (C=O) groups excluding carboxylic acids is 1. The third-order valence-corrected chi connectivity index (χ3v) is 2.33. The van der Waals surface area contributed by atoms with Crippen molar-refractivity contribution in [3.63, 3.8) is 0 Å². The van der Waals surface area contributed by atoms with Gasteiger partial charge in [-0.1, -0.05) is 6.07 Å². The van der Waals surface area contributed by atoms with E-state index in [1.807, 2.05) is 0 Å². The van der Waals surface area contributed by atoms with Crippen molar-refractivity contribution >= 4 is 11.6 Å². The zero-order valence-corrected chi connectivity index (χ0v) is 10.2. The molecule has 98 valence electrons. The molecule has 0 heterocycles. The van der Waals surface area contributed by atoms with E-state index < -0.39 is 4.92 Å². The van der Waals surface area contributed by atoms with Gasteiger partial charge in [0, 0.05) is 19.7 Å². The van der Waals surface area contributed by atoms with E-state index in [-0.39, 0.29) is 23.9 Å². The number of benzene rings is 1. The molecule has 18 heavy (non-hydrogen) atoms. The number of hydrogen-bond donors (Lipinski definition) is 2. The Kier molecular flexibility index (Phi) is 5.06. The van der Waals surface area contributed by atoms with E-state index in [1.54, 1.807) is 13.1 Å². The lowest BCUT2D eigenvalue weighted by Gasteiger charge is -2.06. The van der Waals surface area contributed by atoms with Gasteiger partial charge in [-0.25, -0.2) is 0 Å². The van der Waals surface area contributed by atoms with E-state index in [9.17, 15) is 14.9 Å². The molecule has 1 aromatic rings. The molecule has 0 radical (unpaired) electrons. The van der Waals surface area contributed by atoms with Crippen LogP contribution in [0.3, 0.4) is 0 Å². The van der Waals surface area contributed by atoms with Crippen LogP contribution in [-0.2, 0) is 11.3 Å². The lowest BCUT2D eigenvalue weighted by atomic mass is 10.2. The number of methoxy groups -OCH3 is 1. The van der Waals surface area contributed by atoms with Gasteiger partial charge in [-0.15, -0.1) is 0 Å². The van der Waals surface area contributed by atoms with Crippen molar-refractivity contribution < 1.29 is 14.5 Å². The summed E-state index contributed by atoms with van der Waals surface area (Å²) in [6, 6.07) is 4.67. The van der Waals surface area contributed by atoms with Gasteiger partial charge in [0.25, 0.3) is 0 Å². The largest absolute Gasteiger partial charge is 0.490 e. The Morgan fingerprint density at radius 3 is 2.78 bits per heavy atom. The second-order valence-corrected chi connectivity index (χ2v) is 3.54. The molecule has 0 saturated carbocycles. The summed E-state index contributed by atoms with van der Waals surface area (Å²) >= 11 is 0. The third-order valence-electron chi connectivity index (χ3n) is 2.33. The number of rotatable bonds is 6. The van der Waals surface area contributed by atoms with Crippen LogP contribution in [0.25, 0.3) is 0 Å². The van der Waals surface area contributed by atoms with Crippen molar-refractivity contribution in [3.8, 4) is 5.75 Å². The summed E-state index contributed by atoms with van der Waals surface area (Å²) in [5.41, 5.74) is 0.628. The molecule has 0 fully saturated rings. The van der Waals surface area contributed by atoms with Gasteiger partial charge < -0.3 is 15.4 Å². The first-order chi connectivity index (χ1) is 8.58. The summed E-state index contributed by atoms with van der Waals surface area (Å²) in [5.74, 6) is 0.0769. The molecule has 0 aliphatic heterocycles. The zero-order chi connectivity index (χ0) is 13.5. The van der Waals surface area contributed by atoms with Gasteiger partial charge in [-0.3, -0.25) is 14.9 Å². The second kappa shape index (κ2) is 6.55. The number of nitro benzene ring substituents is 1. The maximum atomic E-state index is 11.0. The van der Waals surface area contributed by atoms with Gasteiger partial charge in [0.2, 0.25) is 5.91 Å². The van der Waals surface area contributed by atoms with Gasteiger partial charge in [0.1, 0.15) is 0 Å². The number of hydrogen-bond acceptors (Lipinski definition) is 5. The summed E-state index contributed by atoms with van der Waals surface area (Å²) < 4.78 is 4.90. The van der Waals surface area contributed by atoms with Crippen molar-refractivity contribution in [2.45, 2.75) is 6.54 Å². The Balaban J connectivity index is 2.70. The Morgan fingerprint density at radius 2 is 2.22 bits per heavy atom. The molecular weight excluding hydrogens is 238 g/mol. The molecule has 2 N–H and O–H groups in total. The minimum absolute atomic E-state index is 0.0863. The quantitative estimate of drug-likeness (QED) is 0.566. The minimum atomic E-state index is -0.499. The number of nitro groups is 1. The molecule has 0 aliphatic rings. The molecule has 1 rings (SSSR count). The van der Waals surface area contributed by atoms with Crippen molar-refractivity contribution in [2.75, 3.05) is 20.7 Å². The highest BCUT2D eigenvalue weighted by Crippen LogP contribution is 2.27. The van der Waals surface area contributed by atoms with E-state index in [0.29, 0.717) is 12.1 Å². The van der Waals surface area contributed by atoms with Gasteiger partial charge >= 0.3 is 5.69 Å². The van der Waals surface area contributed by atoms with Gasteiger partial charge in [-0.2, -0.15) is 0 Å². The van der Waals surface area contributed by atoms with Crippen molar-refractivity contribution in [2.24, 2.45) is 0 Å². The summed E-state index contributed by atoms with van der Waals surface area (Å²) in [6.07, 6.45) is 0. The predicted molar refractivity (Wildman–Crippen MR) is 65.4 cm³/mol. The monoisotopic (exact) mass is 253 g/mol. The van der Waals surface area contributed by atoms with E-state index >= 15 is 0 Å². The molecule has 0 saturated heterocycles. The maximum absolute atomic E-state index is 11.0. The first-order valence-electron chi connectivity index (χ1n) is 5.31. The van der Waals surface area contributed by atoms with E-state index in [0.717, 1.165) is 0 Å². The fraction of sp³-hybridized carbons (Fsp3) is 0.364. The Hall–Kier alpha value is -2.15. The lowest BCUT2D eigenvalue weighted by Crippen LogP contribution is -2.30. The average Bonchev–Trinajstić information content (AvgIpc) is 2.38. The SMILES string of the molecule is CNC(=O)CNCc1ccc(OC)c([N+](=O)[O-])c1. The number of nitrogens with zero attached hydrogens (tertiary/aromatic N) is 1. The van der Waals surface area contributed by atoms with Crippen LogP contribution < -0.4 is 15.4 Å². The fourth-order valence-electron chi connectivity index (χ4n) is 1.40. The molecular formula is C11H15N3O4. The first-order valence-corrected chi connectivity index (χ1v) is 5.31. The zero-order valence-electron chi connectivity index (χ0n) is 10.2. The van der Waals surface area contributed by atoms with Crippen LogP contribution in [0.1, 0.15) is 5.56 Å². The van der Waals surface area contributed by atoms with Gasteiger partial charge in [-0.05, 0) is 11.6 Å². The molecule has 0 unspecified atom stereocenters. The standard InChI is InChI=1S/C11H15N3O4/c1-12-11(15)7-13-6-8-3-4-10(18-2)9(5-8)14(16)17/h3-5,13H,6-7H2,1-2H3,(H,12,15). The number of nitrogens with one attached hydrogen (secondary N) is 2. The molecule has 0 atom stereocenters. The van der Waals surface area contributed by atoms with Crippen LogP contribution in [0.2, 0.25) is 0 Å². The molecule has 7 nitrogen and oxygen atoms in total. The summed E-state index contributed by atoms with van der Waals surface area (Å²) in [4.78, 5) is 21.3. The van der Waals surface area contributed by atoms with Crippen LogP contribution in [0.4, 0.5) is 5.69 Å². The Bertz CT molecular complexity index is 448. The number of likely N-dealkylation sites (N-methyl/N-ethyl adjacent to an activating group) is 1. The van der Waals surface area contributed by atoms with Crippen LogP contribution in [-0.4, -0.2) is 31.5 Å². The molecule has 0 aromatic heterocycles. The molecule has 0 spiro atoms. The third kappa shape index (κ3) is 3.70. The summed E-state index contributed by atoms with van der Waals surface area (Å²) in [7, 11) is 2.92. The smallest absolute Gasteiger partial charge is 0.311 e. The molecule has 1 aromatic carbocycles. The normalized spacial score (nSPS) is 9.89. The first kappa shape index (κ1) is 13.9. The van der Waals surface area contributed by atoms with E-state index in [2.05, 4.69) is 10.6 Å². The van der Waals surface area contributed by atoms with Gasteiger partial charge in [0.15, 0.2) is 5.75 Å². The van der Waals surface area contributed by atoms with Crippen molar-refractivity contribution in [1.82, 2.24) is 10.6 Å². The second-order valence-electron chi connectivity index (χ2n) is 3.54. The van der Waals surface area contributed by atoms with Crippen LogP contribution in [0.15, 0.2) is 18.2 Å². The van der Waals surface area contributed by atoms with Crippen molar-refractivity contribution in [1.29, 1.82) is 0 Å². The number of carbonyl (C=O) groups is 1. The molecule has 1 amide bonds. The van der Waals surface area contributed by atoms with Crippen molar-refractivity contribution in [3.05, 3.63) is 33.9 Å². The van der Waals surface area contributed by atoms with Crippen LogP contribution in [0, 0.1) is 10.1 Å². The predicted octanol–water partition coefficient (Wildman–Crippen LogP) is 0.439. The number of ether oxygens (including phenoxy) is 1. The average molecular weight is 253 g/mol. The number of amides is 1. The molecule has 7 heteroatoms. The summed E-state index contributed by atoms with van der Waals surface area (Å²) in [6.45, 7) is 0.536. The van der Waals surface area contributed by atoms with Gasteiger partial charge in [0.05, 0.1) is 18.6 Å². The Labute approximate surface area is 104 Å². The van der Waals surface area contributed by atoms with E-state index in [4.69, 9.17) is 4.74 Å². The van der Waals surface area contributed by atoms with E-state index in [1.165, 1.54) is 19.2 Å². The fourth-order valence-corrected chi connectivity index (χ4v) is 1.40. The minimum Gasteiger partial charge on any atom is -0.490 e. The highest BCUT2D eigenvalue weighted by atomic mass is 16.6. The maximum Gasteiger partial charge on any atom is 0.311 e. The lowest BCUT2D eigenvalue weighted by molar-refractivity contribution is -0.385. The molecule has 0 bridgehead atoms. The topological polar surface area (TPSA) is 93.5 Å². The highest BCUT2D eigenvalue weighted by Gasteiger charge is 2.14. The van der Waals surface area contributed by atoms with Crippen LogP contribution >= 0.6 is 0 Å². The Morgan fingerprint density at radius 1 is 1.50 bits per heavy atom. The summed E-state index contributed by atoms with van der Waals surface area (Å²) in [5, 5.41) is 16.2. The highest BCUT2D eigenvalue weighted by molar-refractivity contribution is 5.77.